The van der Waals surface area contributed by atoms with Gasteiger partial charge in [-0.1, -0.05) is 23.2 Å². The van der Waals surface area contributed by atoms with Crippen molar-refractivity contribution in [3.63, 3.8) is 0 Å². The fraction of sp³-hybridized carbons (Fsp3) is 0.158. The number of imide groups is 1. The van der Waals surface area contributed by atoms with Gasteiger partial charge in [-0.15, -0.1) is 0 Å². The second-order valence-electron chi connectivity index (χ2n) is 5.91. The molecule has 9 heteroatoms. The Bertz CT molecular complexity index is 961. The van der Waals surface area contributed by atoms with E-state index < -0.39 is 29.8 Å². The summed E-state index contributed by atoms with van der Waals surface area (Å²) in [7, 11) is 1.25. The molecule has 0 N–H and O–H groups in total. The summed E-state index contributed by atoms with van der Waals surface area (Å²) in [6.07, 6.45) is 0. The van der Waals surface area contributed by atoms with Gasteiger partial charge in [0.2, 0.25) is 0 Å². The number of hydrogen-bond donors (Lipinski definition) is 0. The molecule has 0 saturated carbocycles. The fourth-order valence-electron chi connectivity index (χ4n) is 2.69. The van der Waals surface area contributed by atoms with Crippen LogP contribution in [-0.4, -0.2) is 41.8 Å². The highest BCUT2D eigenvalue weighted by molar-refractivity contribution is 6.43. The van der Waals surface area contributed by atoms with Gasteiger partial charge in [0, 0.05) is 0 Å². The first-order valence-corrected chi connectivity index (χ1v) is 8.77. The number of fused-ring (bicyclic) bond motifs is 1. The van der Waals surface area contributed by atoms with E-state index in [0.29, 0.717) is 0 Å². The Hall–Kier alpha value is -2.90. The van der Waals surface area contributed by atoms with E-state index in [-0.39, 0.29) is 32.5 Å². The Morgan fingerprint density at radius 1 is 0.964 bits per heavy atom. The third kappa shape index (κ3) is 3.46. The summed E-state index contributed by atoms with van der Waals surface area (Å²) in [6.45, 7) is 1.37. The van der Waals surface area contributed by atoms with E-state index in [1.165, 1.54) is 50.4 Å². The Labute approximate surface area is 169 Å². The maximum absolute atomic E-state index is 12.6. The number of carbonyl (C=O) groups excluding carboxylic acids is 4. The molecule has 28 heavy (non-hydrogen) atoms. The molecule has 2 aromatic carbocycles. The molecule has 1 atom stereocenters. The van der Waals surface area contributed by atoms with Crippen LogP contribution in [0.4, 0.5) is 0 Å². The van der Waals surface area contributed by atoms with Gasteiger partial charge < -0.3 is 9.47 Å². The van der Waals surface area contributed by atoms with Crippen LogP contribution in [-0.2, 0) is 9.53 Å². The number of esters is 2. The van der Waals surface area contributed by atoms with E-state index in [0.717, 1.165) is 4.90 Å². The molecule has 3 rings (SSSR count). The normalized spacial score (nSPS) is 13.9. The van der Waals surface area contributed by atoms with E-state index >= 15 is 0 Å². The van der Waals surface area contributed by atoms with E-state index in [9.17, 15) is 19.2 Å². The van der Waals surface area contributed by atoms with Crippen molar-refractivity contribution in [2.75, 3.05) is 7.11 Å². The molecule has 2 aromatic rings. The molecule has 0 spiro atoms. The van der Waals surface area contributed by atoms with Gasteiger partial charge in [0.25, 0.3) is 11.8 Å². The highest BCUT2D eigenvalue weighted by Gasteiger charge is 2.42. The number of nitrogens with zero attached hydrogens (tertiary/aromatic N) is 1. The number of benzene rings is 2. The Kier molecular flexibility index (Phi) is 5.40. The van der Waals surface area contributed by atoms with Gasteiger partial charge in [-0.2, -0.15) is 0 Å². The molecule has 0 aromatic heterocycles. The zero-order chi connectivity index (χ0) is 20.6. The van der Waals surface area contributed by atoms with Crippen molar-refractivity contribution in [3.8, 4) is 5.75 Å². The molecule has 1 heterocycles. The Morgan fingerprint density at radius 2 is 1.46 bits per heavy atom. The molecule has 2 amide bonds. The molecule has 0 saturated heterocycles. The molecule has 7 nitrogen and oxygen atoms in total. The summed E-state index contributed by atoms with van der Waals surface area (Å²) in [6, 6.07) is 7.05. The van der Waals surface area contributed by atoms with E-state index in [2.05, 4.69) is 4.74 Å². The van der Waals surface area contributed by atoms with Gasteiger partial charge in [-0.25, -0.2) is 9.59 Å². The standard InChI is InChI=1S/C19H13Cl2NO6/c1-9(18(25)28-11-5-3-10(4-6-11)19(26)27-2)22-16(23)12-7-14(20)15(21)8-13(12)17(22)24/h3-9H,1-2H3/t9-/m0/s1. The topological polar surface area (TPSA) is 90.0 Å². The van der Waals surface area contributed by atoms with E-state index in [4.69, 9.17) is 27.9 Å². The first-order chi connectivity index (χ1) is 13.2. The Balaban J connectivity index is 1.77. The summed E-state index contributed by atoms with van der Waals surface area (Å²) >= 11 is 11.8. The lowest BCUT2D eigenvalue weighted by atomic mass is 10.1. The summed E-state index contributed by atoms with van der Waals surface area (Å²) in [5, 5.41) is 0.258. The predicted molar refractivity (Wildman–Crippen MR) is 99.8 cm³/mol. The molecule has 1 aliphatic heterocycles. The van der Waals surface area contributed by atoms with Crippen LogP contribution < -0.4 is 4.74 Å². The van der Waals surface area contributed by atoms with Crippen molar-refractivity contribution < 1.29 is 28.7 Å². The van der Waals surface area contributed by atoms with Crippen LogP contribution in [0.15, 0.2) is 36.4 Å². The highest BCUT2D eigenvalue weighted by atomic mass is 35.5. The molecule has 0 unspecified atom stereocenters. The number of carbonyl (C=O) groups is 4. The number of methoxy groups -OCH3 is 1. The van der Waals surface area contributed by atoms with Gasteiger partial charge in [0.05, 0.1) is 33.8 Å². The fourth-order valence-corrected chi connectivity index (χ4v) is 3.02. The molecule has 0 fully saturated rings. The van der Waals surface area contributed by atoms with Crippen molar-refractivity contribution in [3.05, 3.63) is 63.1 Å². The van der Waals surface area contributed by atoms with Crippen LogP contribution in [0.25, 0.3) is 0 Å². The molecule has 144 valence electrons. The molecule has 0 radical (unpaired) electrons. The first kappa shape index (κ1) is 19.9. The number of amides is 2. The van der Waals surface area contributed by atoms with Crippen LogP contribution >= 0.6 is 23.2 Å². The third-order valence-electron chi connectivity index (χ3n) is 4.18. The predicted octanol–water partition coefficient (Wildman–Crippen LogP) is 3.37. The summed E-state index contributed by atoms with van der Waals surface area (Å²) < 4.78 is 9.80. The molecular weight excluding hydrogens is 409 g/mol. The zero-order valence-electron chi connectivity index (χ0n) is 14.7. The van der Waals surface area contributed by atoms with Crippen molar-refractivity contribution >= 4 is 47.0 Å². The minimum atomic E-state index is -1.19. The lowest BCUT2D eigenvalue weighted by molar-refractivity contribution is -0.138. The van der Waals surface area contributed by atoms with Crippen molar-refractivity contribution in [2.24, 2.45) is 0 Å². The van der Waals surface area contributed by atoms with E-state index in [1.807, 2.05) is 0 Å². The van der Waals surface area contributed by atoms with Crippen molar-refractivity contribution in [1.82, 2.24) is 4.90 Å². The largest absolute Gasteiger partial charge is 0.465 e. The second kappa shape index (κ2) is 7.61. The van der Waals surface area contributed by atoms with Crippen molar-refractivity contribution in [1.29, 1.82) is 0 Å². The van der Waals surface area contributed by atoms with E-state index in [1.54, 1.807) is 0 Å². The lowest BCUT2D eigenvalue weighted by Crippen LogP contribution is -2.44. The maximum atomic E-state index is 12.6. The van der Waals surface area contributed by atoms with Gasteiger partial charge in [0.1, 0.15) is 11.8 Å². The zero-order valence-corrected chi connectivity index (χ0v) is 16.2. The average Bonchev–Trinajstić information content (AvgIpc) is 2.91. The van der Waals surface area contributed by atoms with Gasteiger partial charge in [-0.3, -0.25) is 14.5 Å². The summed E-state index contributed by atoms with van der Waals surface area (Å²) in [5.41, 5.74) is 0.424. The first-order valence-electron chi connectivity index (χ1n) is 8.01. The van der Waals surface area contributed by atoms with Gasteiger partial charge in [-0.05, 0) is 43.3 Å². The lowest BCUT2D eigenvalue weighted by Gasteiger charge is -2.20. The minimum absolute atomic E-state index is 0.0708. The smallest absolute Gasteiger partial charge is 0.337 e. The third-order valence-corrected chi connectivity index (χ3v) is 4.90. The molecule has 0 aliphatic carbocycles. The summed E-state index contributed by atoms with van der Waals surface area (Å²) in [4.78, 5) is 49.8. The number of ether oxygens (including phenoxy) is 2. The number of hydrogen-bond acceptors (Lipinski definition) is 6. The maximum Gasteiger partial charge on any atom is 0.337 e. The van der Waals surface area contributed by atoms with Crippen LogP contribution in [0.1, 0.15) is 38.0 Å². The highest BCUT2D eigenvalue weighted by Crippen LogP contribution is 2.32. The van der Waals surface area contributed by atoms with Crippen LogP contribution in [0.2, 0.25) is 10.0 Å². The van der Waals surface area contributed by atoms with Crippen molar-refractivity contribution in [2.45, 2.75) is 13.0 Å². The SMILES string of the molecule is COC(=O)c1ccc(OC(=O)[C@H](C)N2C(=O)c3cc(Cl)c(Cl)cc3C2=O)cc1. The number of halogens is 2. The van der Waals surface area contributed by atoms with Gasteiger partial charge >= 0.3 is 11.9 Å². The van der Waals surface area contributed by atoms with Crippen LogP contribution in [0.3, 0.4) is 0 Å². The monoisotopic (exact) mass is 421 g/mol. The summed E-state index contributed by atoms with van der Waals surface area (Å²) in [5.74, 6) is -2.53. The van der Waals surface area contributed by atoms with Crippen LogP contribution in [0, 0.1) is 0 Å². The second-order valence-corrected chi connectivity index (χ2v) is 6.72. The average molecular weight is 422 g/mol. The van der Waals surface area contributed by atoms with Crippen LogP contribution in [0.5, 0.6) is 5.75 Å². The van der Waals surface area contributed by atoms with Gasteiger partial charge in [0.15, 0.2) is 0 Å². The number of rotatable bonds is 4. The molecule has 1 aliphatic rings. The Morgan fingerprint density at radius 3 is 1.93 bits per heavy atom. The minimum Gasteiger partial charge on any atom is -0.465 e. The molecular formula is C19H13Cl2NO6. The molecule has 0 bridgehead atoms. The quantitative estimate of drug-likeness (QED) is 0.427.